The van der Waals surface area contributed by atoms with E-state index in [9.17, 15) is 4.79 Å². The van der Waals surface area contributed by atoms with Gasteiger partial charge in [0.25, 0.3) is 0 Å². The van der Waals surface area contributed by atoms with E-state index in [2.05, 4.69) is 26.1 Å². The van der Waals surface area contributed by atoms with E-state index >= 15 is 0 Å². The second kappa shape index (κ2) is 6.01. The predicted octanol–water partition coefficient (Wildman–Crippen LogP) is 3.29. The number of nitrogens with zero attached hydrogens (tertiary/aromatic N) is 1. The van der Waals surface area contributed by atoms with Gasteiger partial charge in [0.05, 0.1) is 18.7 Å². The number of nitrogens with one attached hydrogen (secondary N) is 1. The van der Waals surface area contributed by atoms with Gasteiger partial charge in [0.1, 0.15) is 0 Å². The molecule has 6 heteroatoms. The number of benzene rings is 1. The summed E-state index contributed by atoms with van der Waals surface area (Å²) in [6.07, 6.45) is 2.22. The first-order valence-electron chi connectivity index (χ1n) is 7.17. The van der Waals surface area contributed by atoms with Crippen LogP contribution in [0, 0.1) is 0 Å². The number of thiocarbonyl (C=S) groups is 1. The third-order valence-electron chi connectivity index (χ3n) is 4.05. The lowest BCUT2D eigenvalue weighted by molar-refractivity contribution is -0.136. The van der Waals surface area contributed by atoms with Crippen LogP contribution in [0.3, 0.4) is 0 Å². The SMILES string of the molecule is COC(=O)C1=C(C)N(C2CC2)C(=S)N[C@H]1c1ccc(Br)cc1. The van der Waals surface area contributed by atoms with E-state index in [-0.39, 0.29) is 12.0 Å². The van der Waals surface area contributed by atoms with Gasteiger partial charge >= 0.3 is 5.97 Å². The van der Waals surface area contributed by atoms with Crippen LogP contribution in [-0.2, 0) is 9.53 Å². The Morgan fingerprint density at radius 1 is 1.36 bits per heavy atom. The van der Waals surface area contributed by atoms with Gasteiger partial charge in [-0.25, -0.2) is 4.79 Å². The van der Waals surface area contributed by atoms with E-state index in [1.54, 1.807) is 0 Å². The highest BCUT2D eigenvalue weighted by Gasteiger charge is 2.40. The Morgan fingerprint density at radius 2 is 2.00 bits per heavy atom. The average Bonchev–Trinajstić information content (AvgIpc) is 3.31. The summed E-state index contributed by atoms with van der Waals surface area (Å²) in [6.45, 7) is 1.95. The molecule has 116 valence electrons. The number of rotatable bonds is 3. The topological polar surface area (TPSA) is 41.6 Å². The van der Waals surface area contributed by atoms with Gasteiger partial charge in [0.15, 0.2) is 5.11 Å². The first kappa shape index (κ1) is 15.5. The van der Waals surface area contributed by atoms with E-state index in [0.717, 1.165) is 28.6 Å². The normalized spacial score (nSPS) is 21.7. The molecule has 0 radical (unpaired) electrons. The Hall–Kier alpha value is -1.40. The highest BCUT2D eigenvalue weighted by atomic mass is 79.9. The molecule has 22 heavy (non-hydrogen) atoms. The van der Waals surface area contributed by atoms with Gasteiger partial charge in [-0.05, 0) is 49.7 Å². The smallest absolute Gasteiger partial charge is 0.337 e. The van der Waals surface area contributed by atoms with Crippen LogP contribution in [0.2, 0.25) is 0 Å². The molecule has 1 saturated carbocycles. The van der Waals surface area contributed by atoms with Crippen molar-refractivity contribution in [3.05, 3.63) is 45.6 Å². The molecule has 0 amide bonds. The van der Waals surface area contributed by atoms with Crippen molar-refractivity contribution in [2.24, 2.45) is 0 Å². The predicted molar refractivity (Wildman–Crippen MR) is 92.2 cm³/mol. The van der Waals surface area contributed by atoms with Gasteiger partial charge in [0.2, 0.25) is 0 Å². The average molecular weight is 381 g/mol. The molecule has 3 rings (SSSR count). The molecule has 1 heterocycles. The second-order valence-electron chi connectivity index (χ2n) is 5.53. The molecule has 4 nitrogen and oxygen atoms in total. The lowest BCUT2D eigenvalue weighted by Gasteiger charge is -2.37. The fraction of sp³-hybridized carbons (Fsp3) is 0.375. The molecule has 1 aromatic rings. The number of allylic oxidation sites excluding steroid dienone is 1. The molecule has 1 fully saturated rings. The number of hydrogen-bond donors (Lipinski definition) is 1. The van der Waals surface area contributed by atoms with E-state index < -0.39 is 0 Å². The van der Waals surface area contributed by atoms with Crippen LogP contribution in [-0.4, -0.2) is 29.1 Å². The first-order valence-corrected chi connectivity index (χ1v) is 8.37. The maximum atomic E-state index is 12.3. The Kier molecular flexibility index (Phi) is 4.23. The molecule has 0 aromatic heterocycles. The lowest BCUT2D eigenvalue weighted by Crippen LogP contribution is -2.48. The molecular weight excluding hydrogens is 364 g/mol. The minimum atomic E-state index is -0.314. The van der Waals surface area contributed by atoms with Crippen LogP contribution in [0.5, 0.6) is 0 Å². The van der Waals surface area contributed by atoms with Crippen LogP contribution in [0.15, 0.2) is 40.0 Å². The standard InChI is InChI=1S/C16H17BrN2O2S/c1-9-13(15(20)21-2)14(10-3-5-11(17)6-4-10)18-16(22)19(9)12-7-8-12/h3-6,12,14H,7-8H2,1-2H3,(H,18,22)/t14-/m0/s1. The molecule has 1 aliphatic carbocycles. The van der Waals surface area contributed by atoms with Crippen LogP contribution in [0.1, 0.15) is 31.4 Å². The number of carbonyl (C=O) groups is 1. The van der Waals surface area contributed by atoms with E-state index in [1.165, 1.54) is 7.11 Å². The van der Waals surface area contributed by atoms with Crippen molar-refractivity contribution in [1.82, 2.24) is 10.2 Å². The molecule has 0 bridgehead atoms. The number of halogens is 1. The number of carbonyl (C=O) groups excluding carboxylic acids is 1. The van der Waals surface area contributed by atoms with Crippen molar-refractivity contribution in [3.8, 4) is 0 Å². The Bertz CT molecular complexity index is 653. The minimum absolute atomic E-state index is 0.275. The zero-order valence-corrected chi connectivity index (χ0v) is 14.8. The summed E-state index contributed by atoms with van der Waals surface area (Å²) in [5.41, 5.74) is 2.51. The van der Waals surface area contributed by atoms with Gasteiger partial charge in [-0.15, -0.1) is 0 Å². The highest BCUT2D eigenvalue weighted by molar-refractivity contribution is 9.10. The zero-order valence-electron chi connectivity index (χ0n) is 12.4. The van der Waals surface area contributed by atoms with Crippen molar-refractivity contribution in [1.29, 1.82) is 0 Å². The maximum Gasteiger partial charge on any atom is 0.337 e. The second-order valence-corrected chi connectivity index (χ2v) is 6.83. The fourth-order valence-corrected chi connectivity index (χ4v) is 3.48. The van der Waals surface area contributed by atoms with Gasteiger partial charge in [0, 0.05) is 16.2 Å². The minimum Gasteiger partial charge on any atom is -0.466 e. The number of ether oxygens (including phenoxy) is 1. The molecule has 0 saturated heterocycles. The van der Waals surface area contributed by atoms with Crippen LogP contribution < -0.4 is 5.32 Å². The third kappa shape index (κ3) is 2.77. The summed E-state index contributed by atoms with van der Waals surface area (Å²) in [7, 11) is 1.41. The third-order valence-corrected chi connectivity index (χ3v) is 4.89. The van der Waals surface area contributed by atoms with Gasteiger partial charge in [-0.1, -0.05) is 28.1 Å². The molecule has 1 aromatic carbocycles. The molecule has 0 unspecified atom stereocenters. The van der Waals surface area contributed by atoms with Crippen molar-refractivity contribution >= 4 is 39.2 Å². The molecule has 2 aliphatic rings. The summed E-state index contributed by atoms with van der Waals surface area (Å²) in [5.74, 6) is -0.314. The Morgan fingerprint density at radius 3 is 2.55 bits per heavy atom. The molecule has 0 spiro atoms. The molecular formula is C16H17BrN2O2S. The summed E-state index contributed by atoms with van der Waals surface area (Å²) < 4.78 is 6.00. The maximum absolute atomic E-state index is 12.3. The zero-order chi connectivity index (χ0) is 15.9. The largest absolute Gasteiger partial charge is 0.466 e. The van der Waals surface area contributed by atoms with Crippen LogP contribution in [0.25, 0.3) is 0 Å². The Labute approximate surface area is 143 Å². The summed E-state index contributed by atoms with van der Waals surface area (Å²) >= 11 is 8.95. The van der Waals surface area contributed by atoms with Gasteiger partial charge in [-0.3, -0.25) is 0 Å². The van der Waals surface area contributed by atoms with Crippen molar-refractivity contribution in [2.45, 2.75) is 31.8 Å². The van der Waals surface area contributed by atoms with Gasteiger partial charge < -0.3 is 15.0 Å². The number of methoxy groups -OCH3 is 1. The van der Waals surface area contributed by atoms with Crippen molar-refractivity contribution in [3.63, 3.8) is 0 Å². The molecule has 1 atom stereocenters. The van der Waals surface area contributed by atoms with E-state index in [4.69, 9.17) is 17.0 Å². The summed E-state index contributed by atoms with van der Waals surface area (Å²) in [6, 6.07) is 8.00. The van der Waals surface area contributed by atoms with Crippen molar-refractivity contribution in [2.75, 3.05) is 7.11 Å². The summed E-state index contributed by atoms with van der Waals surface area (Å²) in [4.78, 5) is 14.4. The lowest BCUT2D eigenvalue weighted by atomic mass is 9.95. The summed E-state index contributed by atoms with van der Waals surface area (Å²) in [5, 5.41) is 3.98. The van der Waals surface area contributed by atoms with Crippen LogP contribution in [0.4, 0.5) is 0 Å². The van der Waals surface area contributed by atoms with E-state index in [1.807, 2.05) is 31.2 Å². The number of esters is 1. The van der Waals surface area contributed by atoms with Crippen LogP contribution >= 0.6 is 28.1 Å². The van der Waals surface area contributed by atoms with E-state index in [0.29, 0.717) is 16.7 Å². The van der Waals surface area contributed by atoms with Crippen molar-refractivity contribution < 1.29 is 9.53 Å². The quantitative estimate of drug-likeness (QED) is 0.643. The fourth-order valence-electron chi connectivity index (χ4n) is 2.81. The van der Waals surface area contributed by atoms with Gasteiger partial charge in [-0.2, -0.15) is 0 Å². The Balaban J connectivity index is 2.06. The monoisotopic (exact) mass is 380 g/mol. The first-order chi connectivity index (χ1) is 10.5. The molecule has 1 aliphatic heterocycles. The molecule has 1 N–H and O–H groups in total. The number of hydrogen-bond acceptors (Lipinski definition) is 3. The highest BCUT2D eigenvalue weighted by Crippen LogP contribution is 2.38.